The number of carboxylic acids is 1. The third-order valence-corrected chi connectivity index (χ3v) is 2.76. The summed E-state index contributed by atoms with van der Waals surface area (Å²) in [5, 5.41) is 9.03. The van der Waals surface area contributed by atoms with Crippen LogP contribution in [-0.4, -0.2) is 21.0 Å². The lowest BCUT2D eigenvalue weighted by Gasteiger charge is -2.14. The fourth-order valence-corrected chi connectivity index (χ4v) is 1.95. The number of hydrogen-bond acceptors (Lipinski definition) is 3. The number of benzene rings is 1. The summed E-state index contributed by atoms with van der Waals surface area (Å²) >= 11 is 0. The van der Waals surface area contributed by atoms with Gasteiger partial charge in [0.15, 0.2) is 0 Å². The SMILES string of the molecule is Cc1cccc(C(CC(=O)O)c2cnccn2)c1. The molecule has 1 heterocycles. The summed E-state index contributed by atoms with van der Waals surface area (Å²) in [6.45, 7) is 1.98. The van der Waals surface area contributed by atoms with Crippen LogP contribution in [0.2, 0.25) is 0 Å². The van der Waals surface area contributed by atoms with Gasteiger partial charge < -0.3 is 5.11 Å². The number of nitrogens with zero attached hydrogens (tertiary/aromatic N) is 2. The molecule has 0 bridgehead atoms. The van der Waals surface area contributed by atoms with Gasteiger partial charge in [-0.3, -0.25) is 14.8 Å². The Labute approximate surface area is 105 Å². The summed E-state index contributed by atoms with van der Waals surface area (Å²) < 4.78 is 0. The summed E-state index contributed by atoms with van der Waals surface area (Å²) in [6.07, 6.45) is 4.80. The van der Waals surface area contributed by atoms with Crippen molar-refractivity contribution in [2.24, 2.45) is 0 Å². The van der Waals surface area contributed by atoms with Gasteiger partial charge in [0.05, 0.1) is 12.1 Å². The maximum Gasteiger partial charge on any atom is 0.304 e. The van der Waals surface area contributed by atoms with Crippen molar-refractivity contribution < 1.29 is 9.90 Å². The van der Waals surface area contributed by atoms with E-state index in [1.165, 1.54) is 0 Å². The molecule has 0 aliphatic carbocycles. The van der Waals surface area contributed by atoms with Gasteiger partial charge >= 0.3 is 5.97 Å². The first kappa shape index (κ1) is 12.2. The molecule has 2 aromatic rings. The Hall–Kier alpha value is -2.23. The Balaban J connectivity index is 2.40. The Morgan fingerprint density at radius 2 is 2.22 bits per heavy atom. The summed E-state index contributed by atoms with van der Waals surface area (Å²) in [5.74, 6) is -1.09. The van der Waals surface area contributed by atoms with Gasteiger partial charge in [-0.1, -0.05) is 29.8 Å². The Bertz CT molecular complexity index is 541. The zero-order valence-electron chi connectivity index (χ0n) is 10.1. The average Bonchev–Trinajstić information content (AvgIpc) is 2.37. The molecule has 0 spiro atoms. The number of aryl methyl sites for hydroxylation is 1. The highest BCUT2D eigenvalue weighted by molar-refractivity contribution is 5.68. The molecule has 1 unspecified atom stereocenters. The quantitative estimate of drug-likeness (QED) is 0.894. The van der Waals surface area contributed by atoms with Crippen LogP contribution in [0.15, 0.2) is 42.9 Å². The standard InChI is InChI=1S/C14H14N2O2/c1-10-3-2-4-11(7-10)12(8-14(17)18)13-9-15-5-6-16-13/h2-7,9,12H,8H2,1H3,(H,17,18). The van der Waals surface area contributed by atoms with Crippen molar-refractivity contribution >= 4 is 5.97 Å². The largest absolute Gasteiger partial charge is 0.481 e. The van der Waals surface area contributed by atoms with Crippen molar-refractivity contribution in [1.29, 1.82) is 0 Å². The molecule has 0 radical (unpaired) electrons. The van der Waals surface area contributed by atoms with Gasteiger partial charge in [-0.15, -0.1) is 0 Å². The monoisotopic (exact) mass is 242 g/mol. The minimum atomic E-state index is -0.841. The molecule has 4 nitrogen and oxygen atoms in total. The smallest absolute Gasteiger partial charge is 0.304 e. The van der Waals surface area contributed by atoms with Crippen molar-refractivity contribution in [2.75, 3.05) is 0 Å². The molecule has 1 atom stereocenters. The molecular weight excluding hydrogens is 228 g/mol. The van der Waals surface area contributed by atoms with Crippen LogP contribution < -0.4 is 0 Å². The summed E-state index contributed by atoms with van der Waals surface area (Å²) in [5.41, 5.74) is 2.75. The average molecular weight is 242 g/mol. The molecule has 4 heteroatoms. The van der Waals surface area contributed by atoms with Gasteiger partial charge in [0.25, 0.3) is 0 Å². The first-order chi connectivity index (χ1) is 8.66. The Morgan fingerprint density at radius 1 is 1.39 bits per heavy atom. The van der Waals surface area contributed by atoms with Crippen LogP contribution in [0.25, 0.3) is 0 Å². The Kier molecular flexibility index (Phi) is 3.67. The maximum atomic E-state index is 11.0. The molecule has 1 N–H and O–H groups in total. The third-order valence-electron chi connectivity index (χ3n) is 2.76. The second-order valence-electron chi connectivity index (χ2n) is 4.19. The molecule has 0 amide bonds. The second-order valence-corrected chi connectivity index (χ2v) is 4.19. The van der Waals surface area contributed by atoms with Crippen molar-refractivity contribution in [3.8, 4) is 0 Å². The normalized spacial score (nSPS) is 12.1. The van der Waals surface area contributed by atoms with Crippen molar-refractivity contribution in [1.82, 2.24) is 9.97 Å². The first-order valence-corrected chi connectivity index (χ1v) is 5.71. The van der Waals surface area contributed by atoms with E-state index in [2.05, 4.69) is 9.97 Å². The van der Waals surface area contributed by atoms with E-state index in [1.807, 2.05) is 31.2 Å². The lowest BCUT2D eigenvalue weighted by molar-refractivity contribution is -0.137. The third kappa shape index (κ3) is 2.91. The molecule has 0 saturated carbocycles. The molecule has 18 heavy (non-hydrogen) atoms. The minimum Gasteiger partial charge on any atom is -0.481 e. The van der Waals surface area contributed by atoms with E-state index >= 15 is 0 Å². The van der Waals surface area contributed by atoms with Crippen LogP contribution in [0.5, 0.6) is 0 Å². The molecular formula is C14H14N2O2. The van der Waals surface area contributed by atoms with Crippen molar-refractivity contribution in [2.45, 2.75) is 19.3 Å². The zero-order valence-corrected chi connectivity index (χ0v) is 10.1. The summed E-state index contributed by atoms with van der Waals surface area (Å²) in [7, 11) is 0. The van der Waals surface area contributed by atoms with Crippen LogP contribution in [-0.2, 0) is 4.79 Å². The molecule has 0 saturated heterocycles. The van der Waals surface area contributed by atoms with E-state index in [9.17, 15) is 4.79 Å². The summed E-state index contributed by atoms with van der Waals surface area (Å²) in [4.78, 5) is 19.2. The van der Waals surface area contributed by atoms with Gasteiger partial charge in [-0.2, -0.15) is 0 Å². The molecule has 1 aromatic heterocycles. The van der Waals surface area contributed by atoms with Gasteiger partial charge in [-0.25, -0.2) is 0 Å². The minimum absolute atomic E-state index is 0.0160. The van der Waals surface area contributed by atoms with E-state index in [0.29, 0.717) is 5.69 Å². The fourth-order valence-electron chi connectivity index (χ4n) is 1.95. The van der Waals surface area contributed by atoms with Gasteiger partial charge in [-0.05, 0) is 12.5 Å². The summed E-state index contributed by atoms with van der Waals surface area (Å²) in [6, 6.07) is 7.82. The van der Waals surface area contributed by atoms with Crippen molar-refractivity contribution in [3.63, 3.8) is 0 Å². The van der Waals surface area contributed by atoms with E-state index < -0.39 is 5.97 Å². The first-order valence-electron chi connectivity index (χ1n) is 5.71. The molecule has 0 aliphatic heterocycles. The van der Waals surface area contributed by atoms with Gasteiger partial charge in [0.2, 0.25) is 0 Å². The topological polar surface area (TPSA) is 63.1 Å². The van der Waals surface area contributed by atoms with Crippen molar-refractivity contribution in [3.05, 3.63) is 59.7 Å². The highest BCUT2D eigenvalue weighted by atomic mass is 16.4. The molecule has 1 aromatic carbocycles. The highest BCUT2D eigenvalue weighted by Gasteiger charge is 2.19. The predicted molar refractivity (Wildman–Crippen MR) is 67.3 cm³/mol. The number of hydrogen-bond donors (Lipinski definition) is 1. The maximum absolute atomic E-state index is 11.0. The van der Waals surface area contributed by atoms with Gasteiger partial charge in [0, 0.05) is 24.5 Å². The van der Waals surface area contributed by atoms with Crippen LogP contribution in [0.3, 0.4) is 0 Å². The number of rotatable bonds is 4. The van der Waals surface area contributed by atoms with Crippen LogP contribution >= 0.6 is 0 Å². The van der Waals surface area contributed by atoms with Crippen LogP contribution in [0.4, 0.5) is 0 Å². The zero-order chi connectivity index (χ0) is 13.0. The number of aromatic nitrogens is 2. The highest BCUT2D eigenvalue weighted by Crippen LogP contribution is 2.26. The van der Waals surface area contributed by atoms with E-state index in [-0.39, 0.29) is 12.3 Å². The van der Waals surface area contributed by atoms with E-state index in [4.69, 9.17) is 5.11 Å². The fraction of sp³-hybridized carbons (Fsp3) is 0.214. The lowest BCUT2D eigenvalue weighted by Crippen LogP contribution is -2.10. The van der Waals surface area contributed by atoms with E-state index in [0.717, 1.165) is 11.1 Å². The predicted octanol–water partition coefficient (Wildman–Crippen LogP) is 2.39. The molecule has 0 aliphatic rings. The molecule has 2 rings (SSSR count). The lowest BCUT2D eigenvalue weighted by atomic mass is 9.92. The Morgan fingerprint density at radius 3 is 2.83 bits per heavy atom. The van der Waals surface area contributed by atoms with Gasteiger partial charge in [0.1, 0.15) is 0 Å². The molecule has 0 fully saturated rings. The number of aliphatic carboxylic acids is 1. The van der Waals surface area contributed by atoms with Crippen LogP contribution in [0, 0.1) is 6.92 Å². The van der Waals surface area contributed by atoms with Crippen LogP contribution in [0.1, 0.15) is 29.2 Å². The molecule has 92 valence electrons. The number of carboxylic acid groups (broad SMARTS) is 1. The second kappa shape index (κ2) is 5.40. The number of carbonyl (C=O) groups is 1. The van der Waals surface area contributed by atoms with E-state index in [1.54, 1.807) is 18.6 Å².